The average Bonchev–Trinajstić information content (AvgIpc) is 3.34. The number of hydrogen-bond acceptors (Lipinski definition) is 4. The van der Waals surface area contributed by atoms with Crippen molar-refractivity contribution in [3.05, 3.63) is 107 Å². The van der Waals surface area contributed by atoms with Gasteiger partial charge in [0.05, 0.1) is 19.2 Å². The summed E-state index contributed by atoms with van der Waals surface area (Å²) in [6, 6.07) is 25.5. The maximum Gasteiger partial charge on any atom is 0.261 e. The van der Waals surface area contributed by atoms with E-state index in [-0.39, 0.29) is 18.0 Å². The molecule has 32 heavy (non-hydrogen) atoms. The molecule has 0 radical (unpaired) electrons. The largest absolute Gasteiger partial charge is 0.497 e. The third-order valence-corrected chi connectivity index (χ3v) is 6.03. The van der Waals surface area contributed by atoms with Gasteiger partial charge in [-0.3, -0.25) is 9.69 Å². The van der Waals surface area contributed by atoms with Crippen LogP contribution >= 0.6 is 0 Å². The number of aryl methyl sites for hydroxylation is 1. The normalized spacial score (nSPS) is 17.6. The maximum atomic E-state index is 13.7. The van der Waals surface area contributed by atoms with Crippen molar-refractivity contribution >= 4 is 11.9 Å². The van der Waals surface area contributed by atoms with Crippen molar-refractivity contribution in [2.24, 2.45) is 0 Å². The first kappa shape index (κ1) is 20.0. The van der Waals surface area contributed by atoms with Crippen molar-refractivity contribution in [1.82, 2.24) is 14.8 Å². The predicted molar refractivity (Wildman–Crippen MR) is 123 cm³/mol. The van der Waals surface area contributed by atoms with Gasteiger partial charge in [0, 0.05) is 5.56 Å². The Morgan fingerprint density at radius 2 is 1.56 bits per heavy atom. The van der Waals surface area contributed by atoms with E-state index in [1.165, 1.54) is 11.9 Å². The summed E-state index contributed by atoms with van der Waals surface area (Å²) in [6.45, 7) is 2.08. The Labute approximate surface area is 187 Å². The van der Waals surface area contributed by atoms with Crippen LogP contribution in [0.4, 0.5) is 5.95 Å². The standard InChI is InChI=1S/C26H24N4O2/c1-18-8-10-20(11-9-18)24-16-23(19-12-14-22(32-2)15-13-19)29(26-27-17-28-30(24)26)25(31)21-6-4-3-5-7-21/h3-15,17,23-24H,16H2,1-2H3/t23-,24-/m1/s1. The van der Waals surface area contributed by atoms with Gasteiger partial charge in [-0.1, -0.05) is 60.2 Å². The average molecular weight is 425 g/mol. The minimum Gasteiger partial charge on any atom is -0.497 e. The summed E-state index contributed by atoms with van der Waals surface area (Å²) in [5, 5.41) is 4.51. The number of nitrogens with zero attached hydrogens (tertiary/aromatic N) is 4. The summed E-state index contributed by atoms with van der Waals surface area (Å²) >= 11 is 0. The highest BCUT2D eigenvalue weighted by molar-refractivity contribution is 6.05. The first-order valence-corrected chi connectivity index (χ1v) is 10.6. The van der Waals surface area contributed by atoms with E-state index in [2.05, 4.69) is 41.3 Å². The highest BCUT2D eigenvalue weighted by atomic mass is 16.5. The molecular weight excluding hydrogens is 400 g/mol. The molecule has 1 aromatic heterocycles. The first-order valence-electron chi connectivity index (χ1n) is 10.6. The van der Waals surface area contributed by atoms with Gasteiger partial charge in [0.1, 0.15) is 12.1 Å². The number of fused-ring (bicyclic) bond motifs is 1. The fourth-order valence-electron chi connectivity index (χ4n) is 4.32. The molecule has 1 amide bonds. The fourth-order valence-corrected chi connectivity index (χ4v) is 4.32. The topological polar surface area (TPSA) is 60.2 Å². The van der Waals surface area contributed by atoms with Crippen LogP contribution in [0.5, 0.6) is 5.75 Å². The Morgan fingerprint density at radius 1 is 0.906 bits per heavy atom. The molecule has 6 nitrogen and oxygen atoms in total. The van der Waals surface area contributed by atoms with Crippen molar-refractivity contribution in [3.8, 4) is 5.75 Å². The zero-order valence-electron chi connectivity index (χ0n) is 18.1. The highest BCUT2D eigenvalue weighted by Gasteiger charge is 2.39. The second kappa shape index (κ2) is 8.30. The molecule has 4 aromatic rings. The molecule has 0 saturated carbocycles. The summed E-state index contributed by atoms with van der Waals surface area (Å²) in [4.78, 5) is 20.0. The number of methoxy groups -OCH3 is 1. The monoisotopic (exact) mass is 424 g/mol. The van der Waals surface area contributed by atoms with Crippen LogP contribution in [0.3, 0.4) is 0 Å². The molecule has 1 aliphatic rings. The Hall–Kier alpha value is -3.93. The molecule has 0 N–H and O–H groups in total. The maximum absolute atomic E-state index is 13.7. The molecule has 0 unspecified atom stereocenters. The van der Waals surface area contributed by atoms with Gasteiger partial charge in [-0.05, 0) is 48.7 Å². The zero-order valence-corrected chi connectivity index (χ0v) is 18.1. The van der Waals surface area contributed by atoms with Gasteiger partial charge in [0.15, 0.2) is 0 Å². The van der Waals surface area contributed by atoms with E-state index in [9.17, 15) is 4.79 Å². The third-order valence-electron chi connectivity index (χ3n) is 6.03. The number of ether oxygens (including phenoxy) is 1. The van der Waals surface area contributed by atoms with E-state index in [1.807, 2.05) is 59.3 Å². The zero-order chi connectivity index (χ0) is 22.1. The fraction of sp³-hybridized carbons (Fsp3) is 0.192. The van der Waals surface area contributed by atoms with E-state index in [1.54, 1.807) is 12.0 Å². The van der Waals surface area contributed by atoms with E-state index < -0.39 is 0 Å². The molecule has 0 aliphatic carbocycles. The summed E-state index contributed by atoms with van der Waals surface area (Å²) in [5.74, 6) is 1.24. The predicted octanol–water partition coefficient (Wildman–Crippen LogP) is 4.98. The smallest absolute Gasteiger partial charge is 0.261 e. The van der Waals surface area contributed by atoms with Crippen LogP contribution in [-0.4, -0.2) is 27.8 Å². The van der Waals surface area contributed by atoms with Gasteiger partial charge in [-0.15, -0.1) is 0 Å². The van der Waals surface area contributed by atoms with Crippen molar-refractivity contribution in [3.63, 3.8) is 0 Å². The molecule has 0 spiro atoms. The molecule has 0 bridgehead atoms. The van der Waals surface area contributed by atoms with E-state index in [0.717, 1.165) is 16.9 Å². The Morgan fingerprint density at radius 3 is 2.25 bits per heavy atom. The molecule has 3 aromatic carbocycles. The molecule has 0 saturated heterocycles. The number of benzene rings is 3. The molecule has 160 valence electrons. The number of carbonyl (C=O) groups excluding carboxylic acids is 1. The molecule has 1 aliphatic heterocycles. The van der Waals surface area contributed by atoms with Crippen LogP contribution in [0.1, 0.15) is 45.6 Å². The van der Waals surface area contributed by atoms with Crippen molar-refractivity contribution in [2.75, 3.05) is 12.0 Å². The Bertz CT molecular complexity index is 1220. The van der Waals surface area contributed by atoms with Gasteiger partial charge in [0.2, 0.25) is 5.95 Å². The summed E-state index contributed by atoms with van der Waals surface area (Å²) in [5.41, 5.74) is 4.00. The second-order valence-corrected chi connectivity index (χ2v) is 8.00. The van der Waals surface area contributed by atoms with Crippen LogP contribution in [0.25, 0.3) is 0 Å². The lowest BCUT2D eigenvalue weighted by molar-refractivity contribution is 0.0963. The van der Waals surface area contributed by atoms with Crippen LogP contribution in [-0.2, 0) is 0 Å². The molecule has 6 heteroatoms. The van der Waals surface area contributed by atoms with Crippen molar-refractivity contribution in [2.45, 2.75) is 25.4 Å². The van der Waals surface area contributed by atoms with Crippen LogP contribution in [0, 0.1) is 6.92 Å². The van der Waals surface area contributed by atoms with Gasteiger partial charge < -0.3 is 4.74 Å². The van der Waals surface area contributed by atoms with Gasteiger partial charge in [-0.25, -0.2) is 4.68 Å². The second-order valence-electron chi connectivity index (χ2n) is 8.00. The van der Waals surface area contributed by atoms with Crippen LogP contribution in [0.15, 0.2) is 85.2 Å². The van der Waals surface area contributed by atoms with E-state index in [4.69, 9.17) is 4.74 Å². The quantitative estimate of drug-likeness (QED) is 0.464. The molecule has 0 fully saturated rings. The lowest BCUT2D eigenvalue weighted by atomic mass is 9.91. The number of rotatable bonds is 4. The number of hydrogen-bond donors (Lipinski definition) is 0. The number of anilines is 1. The summed E-state index contributed by atoms with van der Waals surface area (Å²) in [6.07, 6.45) is 2.21. The highest BCUT2D eigenvalue weighted by Crippen LogP contribution is 2.42. The SMILES string of the molecule is COc1ccc([C@H]2C[C@H](c3ccc(C)cc3)n3ncnc3N2C(=O)c2ccccc2)cc1. The Balaban J connectivity index is 1.63. The van der Waals surface area contributed by atoms with Crippen molar-refractivity contribution < 1.29 is 9.53 Å². The van der Waals surface area contributed by atoms with Gasteiger partial charge >= 0.3 is 0 Å². The molecule has 5 rings (SSSR count). The summed E-state index contributed by atoms with van der Waals surface area (Å²) in [7, 11) is 1.65. The summed E-state index contributed by atoms with van der Waals surface area (Å²) < 4.78 is 7.21. The number of aromatic nitrogens is 3. The van der Waals surface area contributed by atoms with Crippen molar-refractivity contribution in [1.29, 1.82) is 0 Å². The minimum absolute atomic E-state index is 0.0278. The van der Waals surface area contributed by atoms with E-state index >= 15 is 0 Å². The minimum atomic E-state index is -0.198. The van der Waals surface area contributed by atoms with Crippen LogP contribution < -0.4 is 9.64 Å². The first-order chi connectivity index (χ1) is 15.7. The van der Waals surface area contributed by atoms with Gasteiger partial charge in [-0.2, -0.15) is 10.1 Å². The van der Waals surface area contributed by atoms with Crippen LogP contribution in [0.2, 0.25) is 0 Å². The molecule has 2 heterocycles. The lowest BCUT2D eigenvalue weighted by Gasteiger charge is -2.39. The molecule has 2 atom stereocenters. The Kier molecular flexibility index (Phi) is 5.19. The van der Waals surface area contributed by atoms with E-state index in [0.29, 0.717) is 17.9 Å². The van der Waals surface area contributed by atoms with Gasteiger partial charge in [0.25, 0.3) is 5.91 Å². The lowest BCUT2D eigenvalue weighted by Crippen LogP contribution is -2.42. The number of carbonyl (C=O) groups is 1. The third kappa shape index (κ3) is 3.54. The number of amides is 1. The molecular formula is C26H24N4O2.